The first-order valence-corrected chi connectivity index (χ1v) is 8.40. The Hall–Kier alpha value is -3.07. The number of H-pyrrole nitrogens is 2. The maximum absolute atomic E-state index is 12.9. The van der Waals surface area contributed by atoms with Crippen molar-refractivity contribution in [3.8, 4) is 0 Å². The zero-order valence-electron chi connectivity index (χ0n) is 14.0. The second kappa shape index (κ2) is 7.04. The summed E-state index contributed by atoms with van der Waals surface area (Å²) in [6.45, 7) is 2.08. The van der Waals surface area contributed by atoms with Crippen LogP contribution >= 0.6 is 0 Å². The molecule has 1 saturated heterocycles. The number of nitrogens with zero attached hydrogens (tertiary/aromatic N) is 4. The van der Waals surface area contributed by atoms with Gasteiger partial charge in [0, 0.05) is 36.3 Å². The van der Waals surface area contributed by atoms with Gasteiger partial charge < -0.3 is 14.6 Å². The number of fused-ring (bicyclic) bond motifs is 1. The average molecular weight is 354 g/mol. The van der Waals surface area contributed by atoms with E-state index in [1.165, 1.54) is 12.4 Å². The van der Waals surface area contributed by atoms with Gasteiger partial charge in [-0.3, -0.25) is 9.59 Å². The lowest BCUT2D eigenvalue weighted by atomic mass is 10.0. The van der Waals surface area contributed by atoms with E-state index in [1.54, 1.807) is 23.1 Å². The quantitative estimate of drug-likeness (QED) is 0.702. The molecule has 1 aromatic carbocycles. The highest BCUT2D eigenvalue weighted by atomic mass is 16.5. The average Bonchev–Trinajstić information content (AvgIpc) is 2.99. The lowest BCUT2D eigenvalue weighted by molar-refractivity contribution is 0.0737. The smallest absolute Gasteiger partial charge is 0.254 e. The molecule has 0 aliphatic carbocycles. The highest BCUT2D eigenvalue weighted by molar-refractivity contribution is 5.97. The Morgan fingerprint density at radius 2 is 2.15 bits per heavy atom. The van der Waals surface area contributed by atoms with E-state index in [-0.39, 0.29) is 17.4 Å². The Bertz CT molecular complexity index is 982. The normalized spacial score (nSPS) is 18.0. The van der Waals surface area contributed by atoms with Gasteiger partial charge in [-0.05, 0) is 24.6 Å². The molecule has 1 unspecified atom stereocenters. The van der Waals surface area contributed by atoms with Gasteiger partial charge in [-0.2, -0.15) is 15.4 Å². The molecular weight excluding hydrogens is 336 g/mol. The maximum Gasteiger partial charge on any atom is 0.254 e. The van der Waals surface area contributed by atoms with Gasteiger partial charge in [0.15, 0.2) is 0 Å². The molecule has 4 rings (SSSR count). The number of aromatic amines is 2. The van der Waals surface area contributed by atoms with Crippen LogP contribution in [0.4, 0.5) is 0 Å². The summed E-state index contributed by atoms with van der Waals surface area (Å²) in [6.07, 6.45) is 1.97. The van der Waals surface area contributed by atoms with Crippen LogP contribution in [-0.2, 0) is 11.2 Å². The Morgan fingerprint density at radius 1 is 1.27 bits per heavy atom. The highest BCUT2D eigenvalue weighted by Crippen LogP contribution is 2.17. The first kappa shape index (κ1) is 16.4. The van der Waals surface area contributed by atoms with Crippen molar-refractivity contribution < 1.29 is 9.53 Å². The van der Waals surface area contributed by atoms with Gasteiger partial charge in [-0.1, -0.05) is 0 Å². The number of hydrogen-bond donors (Lipinski definition) is 2. The van der Waals surface area contributed by atoms with E-state index in [0.717, 1.165) is 5.52 Å². The molecular formula is C17H18N6O3. The molecule has 0 spiro atoms. The molecule has 26 heavy (non-hydrogen) atoms. The standard InChI is InChI=1S/C17H18N6O3/c24-16-7-13(18-10-19-16)5-11-8-23(3-4-26-9-11)17(25)12-1-2-14-15(6-12)21-22-20-14/h1-2,6-7,10-11H,3-5,8-9H2,(H,18,19,24)(H,20,21,22). The third kappa shape index (κ3) is 3.47. The van der Waals surface area contributed by atoms with Crippen molar-refractivity contribution in [3.05, 3.63) is 52.2 Å². The maximum atomic E-state index is 12.9. The van der Waals surface area contributed by atoms with Crippen molar-refractivity contribution in [2.75, 3.05) is 26.3 Å². The van der Waals surface area contributed by atoms with Crippen LogP contribution in [0.15, 0.2) is 35.4 Å². The van der Waals surface area contributed by atoms with E-state index in [1.807, 2.05) is 0 Å². The summed E-state index contributed by atoms with van der Waals surface area (Å²) < 4.78 is 5.65. The van der Waals surface area contributed by atoms with Crippen LogP contribution in [0, 0.1) is 5.92 Å². The SMILES string of the molecule is O=C(c1ccc2n[nH]nc2c1)N1CCOCC(Cc2cc(=O)[nH]cn2)C1. The number of hydrogen-bond acceptors (Lipinski definition) is 6. The van der Waals surface area contributed by atoms with Crippen LogP contribution in [0.25, 0.3) is 11.0 Å². The van der Waals surface area contributed by atoms with Crippen LogP contribution in [0.1, 0.15) is 16.1 Å². The molecule has 0 saturated carbocycles. The summed E-state index contributed by atoms with van der Waals surface area (Å²) in [5.41, 5.74) is 2.46. The summed E-state index contributed by atoms with van der Waals surface area (Å²) in [5.74, 6) is 0.01000. The molecule has 0 radical (unpaired) electrons. The number of benzene rings is 1. The fourth-order valence-corrected chi connectivity index (χ4v) is 3.16. The summed E-state index contributed by atoms with van der Waals surface area (Å²) in [4.78, 5) is 32.8. The molecule has 3 aromatic rings. The number of aromatic nitrogens is 5. The Labute approximate surface area is 148 Å². The fraction of sp³-hybridized carbons (Fsp3) is 0.353. The predicted octanol–water partition coefficient (Wildman–Crippen LogP) is 0.372. The number of amides is 1. The number of ether oxygens (including phenoxy) is 1. The molecule has 9 nitrogen and oxygen atoms in total. The summed E-state index contributed by atoms with van der Waals surface area (Å²) in [6, 6.07) is 6.75. The van der Waals surface area contributed by atoms with Gasteiger partial charge in [-0.15, -0.1) is 0 Å². The van der Waals surface area contributed by atoms with Crippen molar-refractivity contribution >= 4 is 16.9 Å². The molecule has 1 aliphatic rings. The summed E-state index contributed by atoms with van der Waals surface area (Å²) in [7, 11) is 0. The Kier molecular flexibility index (Phi) is 4.44. The highest BCUT2D eigenvalue weighted by Gasteiger charge is 2.24. The van der Waals surface area contributed by atoms with Crippen LogP contribution < -0.4 is 5.56 Å². The minimum absolute atomic E-state index is 0.0655. The number of nitrogens with one attached hydrogen (secondary N) is 2. The molecule has 2 N–H and O–H groups in total. The van der Waals surface area contributed by atoms with Crippen molar-refractivity contribution in [1.29, 1.82) is 0 Å². The van der Waals surface area contributed by atoms with Gasteiger partial charge in [0.05, 0.1) is 19.5 Å². The number of rotatable bonds is 3. The molecule has 1 aliphatic heterocycles. The fourth-order valence-electron chi connectivity index (χ4n) is 3.16. The molecule has 0 bridgehead atoms. The van der Waals surface area contributed by atoms with E-state index in [0.29, 0.717) is 49.5 Å². The van der Waals surface area contributed by atoms with Gasteiger partial charge in [-0.25, -0.2) is 4.98 Å². The second-order valence-electron chi connectivity index (χ2n) is 6.33. The number of carbonyl (C=O) groups excluding carboxylic acids is 1. The molecule has 134 valence electrons. The lowest BCUT2D eigenvalue weighted by Gasteiger charge is -2.23. The van der Waals surface area contributed by atoms with Crippen LogP contribution in [0.3, 0.4) is 0 Å². The Morgan fingerprint density at radius 3 is 3.04 bits per heavy atom. The van der Waals surface area contributed by atoms with Crippen molar-refractivity contribution in [3.63, 3.8) is 0 Å². The summed E-state index contributed by atoms with van der Waals surface area (Å²) >= 11 is 0. The van der Waals surface area contributed by atoms with Crippen molar-refractivity contribution in [1.82, 2.24) is 30.3 Å². The Balaban J connectivity index is 1.51. The minimum atomic E-state index is -0.182. The van der Waals surface area contributed by atoms with Gasteiger partial charge in [0.2, 0.25) is 0 Å². The zero-order chi connectivity index (χ0) is 17.9. The van der Waals surface area contributed by atoms with Crippen LogP contribution in [0.5, 0.6) is 0 Å². The minimum Gasteiger partial charge on any atom is -0.379 e. The largest absolute Gasteiger partial charge is 0.379 e. The first-order valence-electron chi connectivity index (χ1n) is 8.40. The first-order chi connectivity index (χ1) is 12.7. The molecule has 1 amide bonds. The molecule has 1 fully saturated rings. The van der Waals surface area contributed by atoms with Crippen molar-refractivity contribution in [2.45, 2.75) is 6.42 Å². The van der Waals surface area contributed by atoms with E-state index in [9.17, 15) is 9.59 Å². The zero-order valence-corrected chi connectivity index (χ0v) is 14.0. The van der Waals surface area contributed by atoms with Crippen molar-refractivity contribution in [2.24, 2.45) is 5.92 Å². The molecule has 9 heteroatoms. The summed E-state index contributed by atoms with van der Waals surface area (Å²) in [5, 5.41) is 10.6. The van der Waals surface area contributed by atoms with Gasteiger partial charge in [0.25, 0.3) is 11.5 Å². The monoisotopic (exact) mass is 354 g/mol. The molecule has 3 heterocycles. The molecule has 2 aromatic heterocycles. The van der Waals surface area contributed by atoms with Gasteiger partial charge >= 0.3 is 0 Å². The van der Waals surface area contributed by atoms with Crippen LogP contribution in [-0.4, -0.2) is 62.5 Å². The lowest BCUT2D eigenvalue weighted by Crippen LogP contribution is -2.36. The third-order valence-corrected chi connectivity index (χ3v) is 4.42. The number of carbonyl (C=O) groups is 1. The predicted molar refractivity (Wildman–Crippen MR) is 92.7 cm³/mol. The van der Waals surface area contributed by atoms with E-state index in [2.05, 4.69) is 25.4 Å². The third-order valence-electron chi connectivity index (χ3n) is 4.42. The molecule has 1 atom stereocenters. The second-order valence-corrected chi connectivity index (χ2v) is 6.33. The van der Waals surface area contributed by atoms with E-state index in [4.69, 9.17) is 4.74 Å². The topological polar surface area (TPSA) is 117 Å². The van der Waals surface area contributed by atoms with Gasteiger partial charge in [0.1, 0.15) is 11.0 Å². The van der Waals surface area contributed by atoms with E-state index < -0.39 is 0 Å². The van der Waals surface area contributed by atoms with Crippen LogP contribution in [0.2, 0.25) is 0 Å². The van der Waals surface area contributed by atoms with E-state index >= 15 is 0 Å².